The highest BCUT2D eigenvalue weighted by molar-refractivity contribution is 7.90. The highest BCUT2D eigenvalue weighted by Gasteiger charge is 2.20. The molecule has 1 aliphatic heterocycles. The topological polar surface area (TPSA) is 78.8 Å². The van der Waals surface area contributed by atoms with E-state index < -0.39 is 10.0 Å². The first-order chi connectivity index (χ1) is 14.4. The lowest BCUT2D eigenvalue weighted by Gasteiger charge is -2.11. The standard InChI is InChI=1S/C23H23N3O3S/c1-26-15-5-10-22(26)25-30(28,29)20-13-11-19(12-14-20)24-23(27)16-18-8-4-7-17-6-2-3-9-21(17)18/h2-4,6-9,11-14H,5,10,15-16H2,1H3,(H,24,27). The fourth-order valence-corrected chi connectivity index (χ4v) is 4.73. The van der Waals surface area contributed by atoms with Crippen LogP contribution in [0.4, 0.5) is 5.69 Å². The van der Waals surface area contributed by atoms with E-state index in [2.05, 4.69) is 9.71 Å². The molecule has 3 aromatic carbocycles. The third kappa shape index (κ3) is 4.36. The van der Waals surface area contributed by atoms with Crippen molar-refractivity contribution in [3.05, 3.63) is 72.3 Å². The van der Waals surface area contributed by atoms with Crippen LogP contribution in [0, 0.1) is 0 Å². The molecule has 0 aromatic heterocycles. The Bertz CT molecular complexity index is 1210. The molecular formula is C23H23N3O3S. The Morgan fingerprint density at radius 1 is 1.03 bits per heavy atom. The van der Waals surface area contributed by atoms with E-state index >= 15 is 0 Å². The molecule has 0 aliphatic carbocycles. The zero-order valence-corrected chi connectivity index (χ0v) is 17.5. The van der Waals surface area contributed by atoms with Crippen LogP contribution in [-0.2, 0) is 21.2 Å². The Hall–Kier alpha value is -3.19. The lowest BCUT2D eigenvalue weighted by atomic mass is 10.0. The molecule has 30 heavy (non-hydrogen) atoms. The van der Waals surface area contributed by atoms with Gasteiger partial charge in [0.05, 0.1) is 11.3 Å². The van der Waals surface area contributed by atoms with Gasteiger partial charge in [0.1, 0.15) is 5.84 Å². The molecule has 1 N–H and O–H groups in total. The molecular weight excluding hydrogens is 398 g/mol. The van der Waals surface area contributed by atoms with E-state index in [9.17, 15) is 13.2 Å². The number of amidine groups is 1. The van der Waals surface area contributed by atoms with Crippen molar-refractivity contribution in [2.75, 3.05) is 18.9 Å². The predicted molar refractivity (Wildman–Crippen MR) is 119 cm³/mol. The second kappa shape index (κ2) is 8.28. The maximum atomic E-state index is 12.5. The van der Waals surface area contributed by atoms with Crippen LogP contribution in [0.5, 0.6) is 0 Å². The predicted octanol–water partition coefficient (Wildman–Crippen LogP) is 3.83. The Kier molecular flexibility index (Phi) is 5.55. The molecule has 7 heteroatoms. The lowest BCUT2D eigenvalue weighted by Crippen LogP contribution is -2.20. The third-order valence-corrected chi connectivity index (χ3v) is 6.55. The molecule has 4 rings (SSSR count). The summed E-state index contributed by atoms with van der Waals surface area (Å²) in [6.45, 7) is 0.815. The summed E-state index contributed by atoms with van der Waals surface area (Å²) in [6.07, 6.45) is 1.81. The number of amides is 1. The van der Waals surface area contributed by atoms with Crippen molar-refractivity contribution in [2.24, 2.45) is 4.40 Å². The first-order valence-corrected chi connectivity index (χ1v) is 11.3. The van der Waals surface area contributed by atoms with Gasteiger partial charge in [-0.1, -0.05) is 42.5 Å². The molecule has 0 saturated carbocycles. The average molecular weight is 422 g/mol. The van der Waals surface area contributed by atoms with Crippen LogP contribution in [0.1, 0.15) is 18.4 Å². The molecule has 0 bridgehead atoms. The van der Waals surface area contributed by atoms with Crippen LogP contribution in [0.25, 0.3) is 10.8 Å². The summed E-state index contributed by atoms with van der Waals surface area (Å²) in [5.41, 5.74) is 1.49. The van der Waals surface area contributed by atoms with Crippen molar-refractivity contribution in [3.8, 4) is 0 Å². The van der Waals surface area contributed by atoms with Gasteiger partial charge in [-0.05, 0) is 47.0 Å². The summed E-state index contributed by atoms with van der Waals surface area (Å²) in [4.78, 5) is 14.5. The molecule has 0 unspecified atom stereocenters. The molecule has 1 heterocycles. The zero-order valence-electron chi connectivity index (χ0n) is 16.7. The second-order valence-corrected chi connectivity index (χ2v) is 9.00. The Morgan fingerprint density at radius 2 is 1.77 bits per heavy atom. The number of likely N-dealkylation sites (tertiary alicyclic amines) is 1. The summed E-state index contributed by atoms with van der Waals surface area (Å²) < 4.78 is 29.0. The summed E-state index contributed by atoms with van der Waals surface area (Å²) in [5, 5.41) is 4.97. The monoisotopic (exact) mass is 421 g/mol. The summed E-state index contributed by atoms with van der Waals surface area (Å²) >= 11 is 0. The number of rotatable bonds is 5. The molecule has 0 atom stereocenters. The van der Waals surface area contributed by atoms with Crippen molar-refractivity contribution in [2.45, 2.75) is 24.2 Å². The van der Waals surface area contributed by atoms with Crippen LogP contribution < -0.4 is 5.32 Å². The number of anilines is 1. The van der Waals surface area contributed by atoms with Gasteiger partial charge < -0.3 is 10.2 Å². The van der Waals surface area contributed by atoms with Gasteiger partial charge in [0.2, 0.25) is 5.91 Å². The van der Waals surface area contributed by atoms with Gasteiger partial charge in [-0.25, -0.2) is 0 Å². The fraction of sp³-hybridized carbons (Fsp3) is 0.217. The molecule has 0 spiro atoms. The van der Waals surface area contributed by atoms with Gasteiger partial charge in [-0.2, -0.15) is 8.42 Å². The molecule has 1 aliphatic rings. The number of sulfonamides is 1. The fourth-order valence-electron chi connectivity index (χ4n) is 3.64. The van der Waals surface area contributed by atoms with E-state index in [-0.39, 0.29) is 17.2 Å². The maximum absolute atomic E-state index is 12.5. The highest BCUT2D eigenvalue weighted by atomic mass is 32.2. The highest BCUT2D eigenvalue weighted by Crippen LogP contribution is 2.21. The van der Waals surface area contributed by atoms with Crippen molar-refractivity contribution in [1.29, 1.82) is 0 Å². The lowest BCUT2D eigenvalue weighted by molar-refractivity contribution is -0.115. The molecule has 1 saturated heterocycles. The van der Waals surface area contributed by atoms with Gasteiger partial charge in [-0.15, -0.1) is 4.40 Å². The van der Waals surface area contributed by atoms with Gasteiger partial charge in [0, 0.05) is 25.7 Å². The van der Waals surface area contributed by atoms with E-state index in [1.54, 1.807) is 12.1 Å². The van der Waals surface area contributed by atoms with E-state index in [1.807, 2.05) is 54.4 Å². The second-order valence-electron chi connectivity index (χ2n) is 7.40. The van der Waals surface area contributed by atoms with E-state index in [4.69, 9.17) is 0 Å². The van der Waals surface area contributed by atoms with Crippen LogP contribution >= 0.6 is 0 Å². The maximum Gasteiger partial charge on any atom is 0.283 e. The number of hydrogen-bond donors (Lipinski definition) is 1. The smallest absolute Gasteiger partial charge is 0.283 e. The summed E-state index contributed by atoms with van der Waals surface area (Å²) in [5.74, 6) is 0.428. The molecule has 3 aromatic rings. The van der Waals surface area contributed by atoms with Crippen molar-refractivity contribution in [3.63, 3.8) is 0 Å². The molecule has 154 valence electrons. The minimum atomic E-state index is -3.76. The number of carbonyl (C=O) groups is 1. The first-order valence-electron chi connectivity index (χ1n) is 9.84. The first kappa shape index (κ1) is 20.1. The van der Waals surface area contributed by atoms with E-state index in [0.717, 1.165) is 29.3 Å². The van der Waals surface area contributed by atoms with E-state index in [1.165, 1.54) is 12.1 Å². The van der Waals surface area contributed by atoms with Gasteiger partial charge in [0.25, 0.3) is 10.0 Å². The Morgan fingerprint density at radius 3 is 2.50 bits per heavy atom. The van der Waals surface area contributed by atoms with Crippen molar-refractivity contribution in [1.82, 2.24) is 4.90 Å². The summed E-state index contributed by atoms with van der Waals surface area (Å²) in [7, 11) is -1.92. The third-order valence-electron chi connectivity index (χ3n) is 5.23. The number of hydrogen-bond acceptors (Lipinski definition) is 3. The van der Waals surface area contributed by atoms with Crippen molar-refractivity contribution < 1.29 is 13.2 Å². The Balaban J connectivity index is 1.46. The number of benzene rings is 3. The van der Waals surface area contributed by atoms with Crippen LogP contribution in [0.2, 0.25) is 0 Å². The van der Waals surface area contributed by atoms with Gasteiger partial charge in [-0.3, -0.25) is 4.79 Å². The minimum Gasteiger partial charge on any atom is -0.362 e. The minimum absolute atomic E-state index is 0.113. The normalized spacial score (nSPS) is 15.6. The SMILES string of the molecule is CN1CCCC1=NS(=O)(=O)c1ccc(NC(=O)Cc2cccc3ccccc23)cc1. The van der Waals surface area contributed by atoms with Crippen LogP contribution in [0.3, 0.4) is 0 Å². The van der Waals surface area contributed by atoms with Gasteiger partial charge >= 0.3 is 0 Å². The number of fused-ring (bicyclic) bond motifs is 1. The molecule has 1 fully saturated rings. The quantitative estimate of drug-likeness (QED) is 0.679. The average Bonchev–Trinajstić information content (AvgIpc) is 3.12. The van der Waals surface area contributed by atoms with E-state index in [0.29, 0.717) is 17.9 Å². The van der Waals surface area contributed by atoms with Gasteiger partial charge in [0.15, 0.2) is 0 Å². The zero-order chi connectivity index (χ0) is 21.1. The van der Waals surface area contributed by atoms with Crippen LogP contribution in [-0.4, -0.2) is 38.7 Å². The Labute approximate surface area is 176 Å². The largest absolute Gasteiger partial charge is 0.362 e. The molecule has 1 amide bonds. The van der Waals surface area contributed by atoms with Crippen molar-refractivity contribution >= 4 is 38.2 Å². The van der Waals surface area contributed by atoms with Crippen LogP contribution in [0.15, 0.2) is 76.0 Å². The number of nitrogens with zero attached hydrogens (tertiary/aromatic N) is 2. The molecule has 0 radical (unpaired) electrons. The summed E-state index contributed by atoms with van der Waals surface area (Å²) in [6, 6.07) is 20.0. The number of carbonyl (C=O) groups excluding carboxylic acids is 1. The molecule has 6 nitrogen and oxygen atoms in total. The number of nitrogens with one attached hydrogen (secondary N) is 1.